The summed E-state index contributed by atoms with van der Waals surface area (Å²) in [5.41, 5.74) is -0.488. The summed E-state index contributed by atoms with van der Waals surface area (Å²) < 4.78 is 11.1. The largest absolute Gasteiger partial charge is 0.457 e. The molecule has 5 unspecified atom stereocenters. The summed E-state index contributed by atoms with van der Waals surface area (Å²) in [5.74, 6) is -1.19. The maximum Gasteiger partial charge on any atom is 0.309 e. The third kappa shape index (κ3) is 12.0. The van der Waals surface area contributed by atoms with Gasteiger partial charge in [-0.25, -0.2) is 0 Å². The Morgan fingerprint density at radius 3 is 2.56 bits per heavy atom. The molecule has 0 spiro atoms. The topological polar surface area (TPSA) is 93.1 Å². The van der Waals surface area contributed by atoms with Crippen molar-refractivity contribution in [1.82, 2.24) is 0 Å². The van der Waals surface area contributed by atoms with E-state index < -0.39 is 35.9 Å². The molecular formula is C28H46O6. The monoisotopic (exact) mass is 478 g/mol. The number of cyclic esters (lactones) is 1. The average Bonchev–Trinajstić information content (AvgIpc) is 2.76. The molecule has 1 aliphatic heterocycles. The number of carbonyl (C=O) groups excluding carboxylic acids is 2. The normalized spacial score (nSPS) is 30.3. The van der Waals surface area contributed by atoms with Gasteiger partial charge >= 0.3 is 11.9 Å². The maximum absolute atomic E-state index is 12.5. The van der Waals surface area contributed by atoms with Gasteiger partial charge in [0.15, 0.2) is 0 Å². The quantitative estimate of drug-likeness (QED) is 0.184. The molecule has 0 aliphatic carbocycles. The van der Waals surface area contributed by atoms with E-state index in [1.165, 1.54) is 45.4 Å². The highest BCUT2D eigenvalue weighted by Crippen LogP contribution is 2.27. The molecule has 0 aromatic heterocycles. The Morgan fingerprint density at radius 2 is 1.88 bits per heavy atom. The molecule has 1 rings (SSSR count). The Hall–Kier alpha value is -1.92. The van der Waals surface area contributed by atoms with Crippen molar-refractivity contribution in [3.63, 3.8) is 0 Å². The third-order valence-corrected chi connectivity index (χ3v) is 6.29. The van der Waals surface area contributed by atoms with E-state index in [1.54, 1.807) is 13.0 Å². The third-order valence-electron chi connectivity index (χ3n) is 6.29. The van der Waals surface area contributed by atoms with Crippen LogP contribution in [0.5, 0.6) is 0 Å². The Labute approximate surface area is 206 Å². The van der Waals surface area contributed by atoms with Crippen molar-refractivity contribution in [3.05, 3.63) is 36.0 Å². The van der Waals surface area contributed by atoms with Crippen LogP contribution in [0.4, 0.5) is 0 Å². The molecule has 34 heavy (non-hydrogen) atoms. The number of aliphatic hydroxyl groups is 2. The molecule has 6 nitrogen and oxygen atoms in total. The average molecular weight is 479 g/mol. The number of rotatable bonds is 10. The van der Waals surface area contributed by atoms with Crippen molar-refractivity contribution < 1.29 is 29.3 Å². The molecule has 194 valence electrons. The first-order chi connectivity index (χ1) is 16.1. The zero-order valence-corrected chi connectivity index (χ0v) is 21.8. The number of allylic oxidation sites excluding steroid dienone is 3. The molecule has 0 saturated carbocycles. The number of unbranched alkanes of at least 4 members (excludes halogenated alkanes) is 6. The zero-order chi connectivity index (χ0) is 25.6. The van der Waals surface area contributed by atoms with E-state index in [0.29, 0.717) is 0 Å². The van der Waals surface area contributed by atoms with Gasteiger partial charge in [0, 0.05) is 12.8 Å². The molecule has 0 bridgehead atoms. The minimum absolute atomic E-state index is 0.150. The second kappa shape index (κ2) is 15.9. The Bertz CT molecular complexity index is 706. The maximum atomic E-state index is 12.5. The van der Waals surface area contributed by atoms with Crippen LogP contribution in [-0.2, 0) is 19.1 Å². The van der Waals surface area contributed by atoms with Crippen molar-refractivity contribution in [2.75, 3.05) is 0 Å². The van der Waals surface area contributed by atoms with Gasteiger partial charge in [0.05, 0.1) is 12.5 Å². The van der Waals surface area contributed by atoms with Crippen molar-refractivity contribution in [3.8, 4) is 0 Å². The standard InChI is InChI=1S/C28H46O6/c1-6-7-8-9-10-11-12-13-14-15-21(2)27-22(3)16-17-25(33-23(4)29)28(5,32)19-18-24(30)20-26(31)34-27/h13-17,22,24-25,27,30,32H,6-12,18-20H2,1-5H3/b14-13+,17-16-,21-15+. The van der Waals surface area contributed by atoms with Crippen molar-refractivity contribution in [2.45, 2.75) is 123 Å². The molecule has 6 heteroatoms. The van der Waals surface area contributed by atoms with Crippen LogP contribution in [0.2, 0.25) is 0 Å². The molecule has 5 atom stereocenters. The van der Waals surface area contributed by atoms with Crippen LogP contribution in [0.25, 0.3) is 0 Å². The summed E-state index contributed by atoms with van der Waals surface area (Å²) in [6.45, 7) is 8.92. The lowest BCUT2D eigenvalue weighted by atomic mass is 9.88. The van der Waals surface area contributed by atoms with E-state index in [-0.39, 0.29) is 25.2 Å². The first kappa shape index (κ1) is 30.1. The fraction of sp³-hybridized carbons (Fsp3) is 0.714. The lowest BCUT2D eigenvalue weighted by molar-refractivity contribution is -0.157. The zero-order valence-electron chi connectivity index (χ0n) is 21.8. The van der Waals surface area contributed by atoms with E-state index in [2.05, 4.69) is 13.0 Å². The number of hydrogen-bond donors (Lipinski definition) is 2. The molecule has 0 saturated heterocycles. The molecule has 0 radical (unpaired) electrons. The second-order valence-corrected chi connectivity index (χ2v) is 9.83. The molecule has 0 fully saturated rings. The van der Waals surface area contributed by atoms with Crippen molar-refractivity contribution >= 4 is 11.9 Å². The minimum Gasteiger partial charge on any atom is -0.457 e. The van der Waals surface area contributed by atoms with Gasteiger partial charge in [-0.05, 0) is 51.2 Å². The first-order valence-electron chi connectivity index (χ1n) is 12.9. The van der Waals surface area contributed by atoms with E-state index in [1.807, 2.05) is 32.1 Å². The minimum atomic E-state index is -1.37. The van der Waals surface area contributed by atoms with Gasteiger partial charge in [-0.1, -0.05) is 70.3 Å². The molecule has 0 aromatic rings. The highest BCUT2D eigenvalue weighted by atomic mass is 16.6. The fourth-order valence-electron chi connectivity index (χ4n) is 4.08. The van der Waals surface area contributed by atoms with E-state index in [0.717, 1.165) is 12.0 Å². The smallest absolute Gasteiger partial charge is 0.309 e. The summed E-state index contributed by atoms with van der Waals surface area (Å²) >= 11 is 0. The lowest BCUT2D eigenvalue weighted by Crippen LogP contribution is -2.42. The Morgan fingerprint density at radius 1 is 1.21 bits per heavy atom. The van der Waals surface area contributed by atoms with Crippen LogP contribution in [-0.4, -0.2) is 46.1 Å². The second-order valence-electron chi connectivity index (χ2n) is 9.83. The molecule has 1 heterocycles. The van der Waals surface area contributed by atoms with Gasteiger partial charge in [-0.15, -0.1) is 0 Å². The van der Waals surface area contributed by atoms with Gasteiger partial charge < -0.3 is 19.7 Å². The fourth-order valence-corrected chi connectivity index (χ4v) is 4.08. The Balaban J connectivity index is 2.93. The van der Waals surface area contributed by atoms with Gasteiger partial charge in [0.1, 0.15) is 17.8 Å². The van der Waals surface area contributed by atoms with E-state index >= 15 is 0 Å². The van der Waals surface area contributed by atoms with Gasteiger partial charge in [0.25, 0.3) is 0 Å². The van der Waals surface area contributed by atoms with Crippen LogP contribution in [0.3, 0.4) is 0 Å². The molecule has 0 amide bonds. The summed E-state index contributed by atoms with van der Waals surface area (Å²) in [5, 5.41) is 21.2. The lowest BCUT2D eigenvalue weighted by Gasteiger charge is -2.32. The summed E-state index contributed by atoms with van der Waals surface area (Å²) in [6, 6.07) is 0. The molecule has 0 aromatic carbocycles. The molecule has 2 N–H and O–H groups in total. The van der Waals surface area contributed by atoms with E-state index in [9.17, 15) is 19.8 Å². The summed E-state index contributed by atoms with van der Waals surface area (Å²) in [4.78, 5) is 24.1. The van der Waals surface area contributed by atoms with Crippen LogP contribution >= 0.6 is 0 Å². The van der Waals surface area contributed by atoms with E-state index in [4.69, 9.17) is 9.47 Å². The molecule has 1 aliphatic rings. The number of aliphatic hydroxyl groups excluding tert-OH is 1. The Kier molecular flexibility index (Phi) is 14.1. The van der Waals surface area contributed by atoms with Crippen LogP contribution in [0, 0.1) is 5.92 Å². The molecular weight excluding hydrogens is 432 g/mol. The number of ether oxygens (including phenoxy) is 2. The van der Waals surface area contributed by atoms with Gasteiger partial charge in [-0.2, -0.15) is 0 Å². The summed E-state index contributed by atoms with van der Waals surface area (Å²) in [6.07, 6.45) is 16.0. The first-order valence-corrected chi connectivity index (χ1v) is 12.9. The number of hydrogen-bond acceptors (Lipinski definition) is 6. The van der Waals surface area contributed by atoms with Crippen LogP contribution in [0.15, 0.2) is 36.0 Å². The van der Waals surface area contributed by atoms with Crippen molar-refractivity contribution in [2.24, 2.45) is 5.92 Å². The predicted molar refractivity (Wildman–Crippen MR) is 135 cm³/mol. The van der Waals surface area contributed by atoms with Gasteiger partial charge in [-0.3, -0.25) is 9.59 Å². The number of carbonyl (C=O) groups is 2. The summed E-state index contributed by atoms with van der Waals surface area (Å²) in [7, 11) is 0. The predicted octanol–water partition coefficient (Wildman–Crippen LogP) is 5.57. The SMILES string of the molecule is CCCCCCCC/C=C/C=C(\C)C1OC(=O)CC(O)CCC(C)(O)C(OC(C)=O)/C=C\C1C. The highest BCUT2D eigenvalue weighted by Gasteiger charge is 2.34. The van der Waals surface area contributed by atoms with Crippen LogP contribution < -0.4 is 0 Å². The van der Waals surface area contributed by atoms with Crippen molar-refractivity contribution in [1.29, 1.82) is 0 Å². The van der Waals surface area contributed by atoms with Gasteiger partial charge in [0.2, 0.25) is 0 Å². The van der Waals surface area contributed by atoms with Crippen LogP contribution in [0.1, 0.15) is 98.8 Å². The highest BCUT2D eigenvalue weighted by molar-refractivity contribution is 5.70. The number of esters is 2.